The number of hydrogen-bond acceptors (Lipinski definition) is 9. The fourth-order valence-electron chi connectivity index (χ4n) is 5.76. The number of aromatic nitrogens is 4. The number of carboxylic acids is 1. The maximum Gasteiger partial charge on any atom is 0.348 e. The highest BCUT2D eigenvalue weighted by Gasteiger charge is 2.29. The number of thiazole rings is 1. The summed E-state index contributed by atoms with van der Waals surface area (Å²) in [5.41, 5.74) is 2.27. The first-order valence-electron chi connectivity index (χ1n) is 14.6. The van der Waals surface area contributed by atoms with Crippen molar-refractivity contribution in [3.8, 4) is 11.4 Å². The van der Waals surface area contributed by atoms with Crippen LogP contribution in [0, 0.1) is 12.8 Å². The molecule has 0 aliphatic carbocycles. The van der Waals surface area contributed by atoms with Gasteiger partial charge in [-0.15, -0.1) is 0 Å². The summed E-state index contributed by atoms with van der Waals surface area (Å²) in [6, 6.07) is 0.612. The van der Waals surface area contributed by atoms with E-state index in [1.165, 1.54) is 0 Å². The summed E-state index contributed by atoms with van der Waals surface area (Å²) in [5, 5.41) is 11.0. The molecule has 5 rings (SSSR count). The molecule has 2 aliphatic heterocycles. The molecule has 5 heterocycles. The number of H-pyrrole nitrogens is 1. The number of aromatic amines is 1. The summed E-state index contributed by atoms with van der Waals surface area (Å²) in [4.78, 5) is 53.0. The topological polar surface area (TPSA) is 131 Å². The number of anilines is 2. The third-order valence-corrected chi connectivity index (χ3v) is 10.3. The van der Waals surface area contributed by atoms with Crippen molar-refractivity contribution in [3.63, 3.8) is 0 Å². The van der Waals surface area contributed by atoms with Crippen LogP contribution in [0.2, 0.25) is 10.0 Å². The van der Waals surface area contributed by atoms with Crippen LogP contribution in [0.4, 0.5) is 10.9 Å². The van der Waals surface area contributed by atoms with Gasteiger partial charge >= 0.3 is 5.97 Å². The Morgan fingerprint density at radius 1 is 1.09 bits per heavy atom. The summed E-state index contributed by atoms with van der Waals surface area (Å²) in [6.07, 6.45) is 6.14. The monoisotopic (exact) mass is 646 g/mol. The largest absolute Gasteiger partial charge is 0.477 e. The van der Waals surface area contributed by atoms with E-state index in [2.05, 4.69) is 43.6 Å². The second kappa shape index (κ2) is 13.3. The molecule has 2 aliphatic rings. The van der Waals surface area contributed by atoms with E-state index in [9.17, 15) is 14.7 Å². The van der Waals surface area contributed by atoms with Crippen molar-refractivity contribution in [2.75, 3.05) is 49.1 Å². The van der Waals surface area contributed by atoms with Gasteiger partial charge < -0.3 is 19.9 Å². The molecule has 2 N–H and O–H groups in total. The van der Waals surface area contributed by atoms with E-state index in [4.69, 9.17) is 28.2 Å². The van der Waals surface area contributed by atoms with Gasteiger partial charge in [0.15, 0.2) is 5.13 Å². The van der Waals surface area contributed by atoms with E-state index in [0.29, 0.717) is 52.8 Å². The molecule has 3 aromatic heterocycles. The summed E-state index contributed by atoms with van der Waals surface area (Å²) in [7, 11) is 0. The molecule has 3 aromatic rings. The summed E-state index contributed by atoms with van der Waals surface area (Å²) >= 11 is 13.4. The van der Waals surface area contributed by atoms with Crippen molar-refractivity contribution in [2.45, 2.75) is 53.0 Å². The minimum absolute atomic E-state index is 0.0619. The van der Waals surface area contributed by atoms with Gasteiger partial charge in [-0.25, -0.2) is 24.7 Å². The molecule has 0 bridgehead atoms. The lowest BCUT2D eigenvalue weighted by Crippen LogP contribution is -2.50. The Balaban J connectivity index is 1.28. The van der Waals surface area contributed by atoms with Crippen LogP contribution >= 0.6 is 34.5 Å². The highest BCUT2D eigenvalue weighted by Crippen LogP contribution is 2.35. The number of hydrogen-bond donors (Lipinski definition) is 2. The van der Waals surface area contributed by atoms with Gasteiger partial charge in [0.1, 0.15) is 27.8 Å². The number of aromatic carboxylic acids is 1. The summed E-state index contributed by atoms with van der Waals surface area (Å²) < 4.78 is 0. The maximum atomic E-state index is 12.8. The van der Waals surface area contributed by atoms with Crippen molar-refractivity contribution in [3.05, 3.63) is 38.7 Å². The molecule has 2 fully saturated rings. The Hall–Kier alpha value is -3.06. The van der Waals surface area contributed by atoms with Crippen LogP contribution in [0.1, 0.15) is 65.9 Å². The first-order chi connectivity index (χ1) is 20.6. The third-order valence-electron chi connectivity index (χ3n) is 8.27. The molecule has 43 heavy (non-hydrogen) atoms. The Kier molecular flexibility index (Phi) is 9.70. The van der Waals surface area contributed by atoms with Crippen molar-refractivity contribution in [1.29, 1.82) is 0 Å². The molecule has 0 spiro atoms. The van der Waals surface area contributed by atoms with Crippen LogP contribution in [0.5, 0.6) is 0 Å². The van der Waals surface area contributed by atoms with Crippen LogP contribution < -0.4 is 9.80 Å². The minimum Gasteiger partial charge on any atom is -0.477 e. The molecule has 0 unspecified atom stereocenters. The lowest BCUT2D eigenvalue weighted by Gasteiger charge is -2.39. The lowest BCUT2D eigenvalue weighted by atomic mass is 9.97. The van der Waals surface area contributed by atoms with E-state index in [1.54, 1.807) is 19.3 Å². The smallest absolute Gasteiger partial charge is 0.348 e. The number of rotatable bonds is 8. The number of carbonyl (C=O) groups is 2. The number of piperazine rings is 1. The van der Waals surface area contributed by atoms with E-state index >= 15 is 0 Å². The molecule has 14 heteroatoms. The zero-order valence-electron chi connectivity index (χ0n) is 24.7. The number of nitrogens with zero attached hydrogens (tertiary/aromatic N) is 7. The zero-order valence-corrected chi connectivity index (χ0v) is 27.1. The third kappa shape index (κ3) is 6.57. The van der Waals surface area contributed by atoms with E-state index in [0.717, 1.165) is 61.9 Å². The van der Waals surface area contributed by atoms with Gasteiger partial charge in [0.25, 0.3) is 5.91 Å². The Bertz CT molecular complexity index is 1510. The number of halogens is 2. The molecule has 2 saturated heterocycles. The van der Waals surface area contributed by atoms with Gasteiger partial charge in [0, 0.05) is 69.1 Å². The van der Waals surface area contributed by atoms with Crippen molar-refractivity contribution in [2.24, 2.45) is 10.9 Å². The Morgan fingerprint density at radius 3 is 2.37 bits per heavy atom. The zero-order chi connectivity index (χ0) is 30.8. The minimum atomic E-state index is -1.06. The molecule has 1 amide bonds. The lowest BCUT2D eigenvalue weighted by molar-refractivity contribution is 0.0702. The first-order valence-corrected chi connectivity index (χ1v) is 16.1. The molecule has 1 atom stereocenters. The fraction of sp³-hybridized carbons (Fsp3) is 0.517. The van der Waals surface area contributed by atoms with Gasteiger partial charge in [-0.05, 0) is 19.8 Å². The number of amides is 1. The maximum absolute atomic E-state index is 12.8. The van der Waals surface area contributed by atoms with Crippen LogP contribution in [0.3, 0.4) is 0 Å². The average Bonchev–Trinajstić information content (AvgIpc) is 3.57. The van der Waals surface area contributed by atoms with Gasteiger partial charge in [-0.2, -0.15) is 0 Å². The van der Waals surface area contributed by atoms with Crippen LogP contribution in [0.25, 0.3) is 11.4 Å². The highest BCUT2D eigenvalue weighted by molar-refractivity contribution is 7.17. The molecule has 0 radical (unpaired) electrons. The van der Waals surface area contributed by atoms with Crippen molar-refractivity contribution < 1.29 is 14.7 Å². The number of carbonyl (C=O) groups excluding carboxylic acids is 1. The standard InChI is InChI=1S/C29H36Cl2N8O3S/c1-5-18(6-2)37-9-11-38(12-10-37)21-14-32-20(13-33-21)24-26(28(41)42)43-29(36-24)39-8-7-19(16(3)15-39)35-27(40)25-23(31)22(30)17(4)34-25/h13-14,16,18,34H,5-12,15H2,1-4H3,(H,41,42)/b35-19-/t16-/m0/s1. The number of aryl methyl sites for hydroxylation is 1. The molecule has 0 aromatic carbocycles. The highest BCUT2D eigenvalue weighted by atomic mass is 35.5. The summed E-state index contributed by atoms with van der Waals surface area (Å²) in [6.45, 7) is 13.0. The summed E-state index contributed by atoms with van der Waals surface area (Å²) in [5.74, 6) is -0.801. The Labute approximate surface area is 265 Å². The van der Waals surface area contributed by atoms with E-state index in [1.807, 2.05) is 11.8 Å². The van der Waals surface area contributed by atoms with Crippen LogP contribution in [0.15, 0.2) is 17.4 Å². The number of carboxylic acid groups (broad SMARTS) is 1. The van der Waals surface area contributed by atoms with Crippen LogP contribution in [-0.2, 0) is 0 Å². The normalized spacial score (nSPS) is 19.0. The molecule has 0 saturated carbocycles. The van der Waals surface area contributed by atoms with Crippen molar-refractivity contribution >= 4 is 63.1 Å². The van der Waals surface area contributed by atoms with E-state index in [-0.39, 0.29) is 21.5 Å². The number of aliphatic imine (C=N–C) groups is 1. The number of piperidine rings is 1. The van der Waals surface area contributed by atoms with Gasteiger partial charge in [0.05, 0.1) is 22.4 Å². The predicted molar refractivity (Wildman–Crippen MR) is 172 cm³/mol. The molecular formula is C29H36Cl2N8O3S. The SMILES string of the molecule is CCC(CC)N1CCN(c2cnc(-c3nc(N4CC/C(=N/C(=O)c5[nH]c(C)c(Cl)c5Cl)[C@@H](C)C4)sc3C(=O)O)cn2)CC1. The fourth-order valence-corrected chi connectivity index (χ4v) is 7.12. The van der Waals surface area contributed by atoms with Crippen molar-refractivity contribution in [1.82, 2.24) is 24.8 Å². The molecule has 230 valence electrons. The molecule has 11 nitrogen and oxygen atoms in total. The van der Waals surface area contributed by atoms with E-state index < -0.39 is 11.9 Å². The predicted octanol–water partition coefficient (Wildman–Crippen LogP) is 5.68. The Morgan fingerprint density at radius 2 is 1.81 bits per heavy atom. The second-order valence-electron chi connectivity index (χ2n) is 11.0. The number of nitrogens with one attached hydrogen (secondary N) is 1. The quantitative estimate of drug-likeness (QED) is 0.317. The van der Waals surface area contributed by atoms with Gasteiger partial charge in [-0.3, -0.25) is 9.69 Å². The van der Waals surface area contributed by atoms with Crippen LogP contribution in [-0.4, -0.2) is 92.8 Å². The average molecular weight is 648 g/mol. The first kappa shape index (κ1) is 31.4. The molecular weight excluding hydrogens is 611 g/mol. The second-order valence-corrected chi connectivity index (χ2v) is 12.7. The van der Waals surface area contributed by atoms with Gasteiger partial charge in [0.2, 0.25) is 0 Å². The van der Waals surface area contributed by atoms with Gasteiger partial charge in [-0.1, -0.05) is 55.3 Å².